The molecule has 1 heterocycles. The first-order chi connectivity index (χ1) is 14.4. The summed E-state index contributed by atoms with van der Waals surface area (Å²) in [7, 11) is 1.35. The quantitative estimate of drug-likeness (QED) is 0.476. The molecule has 0 bridgehead atoms. The number of aromatic nitrogens is 1. The zero-order chi connectivity index (χ0) is 21.7. The smallest absolute Gasteiger partial charge is 0.387 e. The molecule has 30 heavy (non-hydrogen) atoms. The molecule has 0 aliphatic rings. The second-order valence-electron chi connectivity index (χ2n) is 6.29. The van der Waals surface area contributed by atoms with Gasteiger partial charge >= 0.3 is 6.61 Å². The fourth-order valence-electron chi connectivity index (χ4n) is 2.78. The van der Waals surface area contributed by atoms with Gasteiger partial charge in [-0.2, -0.15) is 8.78 Å². The molecule has 1 aromatic heterocycles. The lowest BCUT2D eigenvalue weighted by atomic mass is 10.2. The van der Waals surface area contributed by atoms with E-state index in [1.54, 1.807) is 18.2 Å². The van der Waals surface area contributed by atoms with E-state index >= 15 is 0 Å². The average Bonchev–Trinajstić information content (AvgIpc) is 3.04. The number of hydrogen-bond donors (Lipinski definition) is 1. The van der Waals surface area contributed by atoms with Crippen LogP contribution in [0.25, 0.3) is 0 Å². The normalized spacial score (nSPS) is 10.9. The van der Waals surface area contributed by atoms with Gasteiger partial charge in [-0.05, 0) is 38.1 Å². The number of amides is 1. The third-order valence-corrected chi connectivity index (χ3v) is 5.42. The van der Waals surface area contributed by atoms with Crippen molar-refractivity contribution >= 4 is 23.4 Å². The van der Waals surface area contributed by atoms with E-state index in [4.69, 9.17) is 9.26 Å². The lowest BCUT2D eigenvalue weighted by Crippen LogP contribution is -2.13. The molecule has 0 spiro atoms. The summed E-state index contributed by atoms with van der Waals surface area (Å²) in [5.41, 5.74) is 2.56. The largest absolute Gasteiger partial charge is 0.493 e. The van der Waals surface area contributed by atoms with Crippen molar-refractivity contribution in [3.8, 4) is 11.5 Å². The molecule has 0 aliphatic heterocycles. The maximum absolute atomic E-state index is 12.8. The van der Waals surface area contributed by atoms with Crippen LogP contribution in [0.1, 0.15) is 27.4 Å². The minimum atomic E-state index is -3.01. The molecule has 3 aromatic rings. The molecule has 0 fully saturated rings. The molecule has 1 N–H and O–H groups in total. The van der Waals surface area contributed by atoms with Gasteiger partial charge in [0.05, 0.1) is 18.4 Å². The third-order valence-electron chi connectivity index (χ3n) is 4.32. The van der Waals surface area contributed by atoms with E-state index in [0.717, 1.165) is 21.9 Å². The van der Waals surface area contributed by atoms with E-state index in [1.165, 1.54) is 31.0 Å². The van der Waals surface area contributed by atoms with Crippen LogP contribution in [0.2, 0.25) is 0 Å². The van der Waals surface area contributed by atoms with Crippen LogP contribution in [0, 0.1) is 13.8 Å². The first kappa shape index (κ1) is 21.6. The second-order valence-corrected chi connectivity index (χ2v) is 7.30. The van der Waals surface area contributed by atoms with Crippen LogP contribution < -0.4 is 14.8 Å². The predicted octanol–water partition coefficient (Wildman–Crippen LogP) is 5.45. The molecular formula is C21H20F2N2O4S. The molecule has 0 aliphatic carbocycles. The topological polar surface area (TPSA) is 73.6 Å². The summed E-state index contributed by atoms with van der Waals surface area (Å²) in [4.78, 5) is 13.6. The van der Waals surface area contributed by atoms with E-state index in [-0.39, 0.29) is 17.4 Å². The van der Waals surface area contributed by atoms with Crippen LogP contribution in [0.5, 0.6) is 11.5 Å². The summed E-state index contributed by atoms with van der Waals surface area (Å²) in [6.07, 6.45) is 0. The lowest BCUT2D eigenvalue weighted by Gasteiger charge is -2.13. The number of rotatable bonds is 8. The highest BCUT2D eigenvalue weighted by atomic mass is 32.2. The van der Waals surface area contributed by atoms with Crippen molar-refractivity contribution in [3.05, 3.63) is 65.0 Å². The van der Waals surface area contributed by atoms with Gasteiger partial charge in [-0.25, -0.2) is 0 Å². The van der Waals surface area contributed by atoms with Crippen LogP contribution in [-0.4, -0.2) is 24.8 Å². The number of thioether (sulfide) groups is 1. The van der Waals surface area contributed by atoms with E-state index in [1.807, 2.05) is 26.0 Å². The van der Waals surface area contributed by atoms with Gasteiger partial charge in [0, 0.05) is 28.0 Å². The average molecular weight is 434 g/mol. The van der Waals surface area contributed by atoms with Crippen LogP contribution in [0.3, 0.4) is 0 Å². The number of anilines is 1. The SMILES string of the molecule is COc1ccc(NC(=O)c2ccccc2SCc2c(C)noc2C)cc1OC(F)F. The first-order valence-electron chi connectivity index (χ1n) is 8.96. The minimum Gasteiger partial charge on any atom is -0.493 e. The van der Waals surface area contributed by atoms with Crippen LogP contribution in [0.15, 0.2) is 51.9 Å². The van der Waals surface area contributed by atoms with Crippen molar-refractivity contribution in [2.24, 2.45) is 0 Å². The number of alkyl halides is 2. The number of halogens is 2. The highest BCUT2D eigenvalue weighted by molar-refractivity contribution is 7.98. The number of nitrogens with zero attached hydrogens (tertiary/aromatic N) is 1. The Hall–Kier alpha value is -3.07. The highest BCUT2D eigenvalue weighted by Crippen LogP contribution is 2.33. The standard InChI is InChI=1S/C21H20F2N2O4S/c1-12-16(13(2)29-25-12)11-30-19-7-5-4-6-15(19)20(26)24-14-8-9-17(27-3)18(10-14)28-21(22)23/h4-10,21H,11H2,1-3H3,(H,24,26). The number of ether oxygens (including phenoxy) is 2. The zero-order valence-electron chi connectivity index (χ0n) is 16.6. The molecule has 158 valence electrons. The zero-order valence-corrected chi connectivity index (χ0v) is 17.4. The summed E-state index contributed by atoms with van der Waals surface area (Å²) >= 11 is 1.48. The van der Waals surface area contributed by atoms with Gasteiger partial charge in [0.15, 0.2) is 11.5 Å². The number of hydrogen-bond acceptors (Lipinski definition) is 6. The first-order valence-corrected chi connectivity index (χ1v) is 9.95. The van der Waals surface area contributed by atoms with Crippen molar-refractivity contribution in [2.75, 3.05) is 12.4 Å². The Morgan fingerprint density at radius 2 is 1.97 bits per heavy atom. The summed E-state index contributed by atoms with van der Waals surface area (Å²) in [5.74, 6) is 0.951. The van der Waals surface area contributed by atoms with E-state index < -0.39 is 6.61 Å². The van der Waals surface area contributed by atoms with Crippen molar-refractivity contribution in [1.29, 1.82) is 0 Å². The molecule has 0 saturated heterocycles. The van der Waals surface area contributed by atoms with Crippen LogP contribution >= 0.6 is 11.8 Å². The van der Waals surface area contributed by atoms with Gasteiger partial charge in [0.1, 0.15) is 5.76 Å². The van der Waals surface area contributed by atoms with Gasteiger partial charge in [-0.1, -0.05) is 17.3 Å². The third kappa shape index (κ3) is 5.10. The van der Waals surface area contributed by atoms with Gasteiger partial charge in [-0.3, -0.25) is 4.79 Å². The maximum Gasteiger partial charge on any atom is 0.387 e. The summed E-state index contributed by atoms with van der Waals surface area (Å²) in [6, 6.07) is 11.4. The summed E-state index contributed by atoms with van der Waals surface area (Å²) in [5, 5.41) is 6.66. The number of nitrogens with one attached hydrogen (secondary N) is 1. The van der Waals surface area contributed by atoms with Crippen molar-refractivity contribution < 1.29 is 27.6 Å². The predicted molar refractivity (Wildman–Crippen MR) is 110 cm³/mol. The monoisotopic (exact) mass is 434 g/mol. The van der Waals surface area contributed by atoms with Gasteiger partial charge in [0.2, 0.25) is 0 Å². The van der Waals surface area contributed by atoms with Gasteiger partial charge in [-0.15, -0.1) is 11.8 Å². The molecule has 0 saturated carbocycles. The number of carbonyl (C=O) groups excluding carboxylic acids is 1. The molecule has 0 atom stereocenters. The molecular weight excluding hydrogens is 414 g/mol. The number of aryl methyl sites for hydroxylation is 2. The van der Waals surface area contributed by atoms with Crippen molar-refractivity contribution in [1.82, 2.24) is 5.16 Å². The second kappa shape index (κ2) is 9.62. The van der Waals surface area contributed by atoms with E-state index in [9.17, 15) is 13.6 Å². The van der Waals surface area contributed by atoms with Crippen molar-refractivity contribution in [3.63, 3.8) is 0 Å². The maximum atomic E-state index is 12.8. The Balaban J connectivity index is 1.78. The molecule has 3 rings (SSSR count). The molecule has 6 nitrogen and oxygen atoms in total. The Kier molecular flexibility index (Phi) is 6.94. The number of benzene rings is 2. The van der Waals surface area contributed by atoms with E-state index in [2.05, 4.69) is 15.2 Å². The molecule has 0 radical (unpaired) electrons. The Morgan fingerprint density at radius 3 is 2.63 bits per heavy atom. The Bertz CT molecular complexity index is 1020. The fourth-order valence-corrected chi connectivity index (χ4v) is 3.98. The molecule has 0 unspecified atom stereocenters. The van der Waals surface area contributed by atoms with E-state index in [0.29, 0.717) is 17.0 Å². The summed E-state index contributed by atoms with van der Waals surface area (Å²) in [6.45, 7) is 0.705. The number of methoxy groups -OCH3 is 1. The van der Waals surface area contributed by atoms with Crippen LogP contribution in [-0.2, 0) is 5.75 Å². The van der Waals surface area contributed by atoms with Gasteiger partial charge < -0.3 is 19.3 Å². The highest BCUT2D eigenvalue weighted by Gasteiger charge is 2.16. The lowest BCUT2D eigenvalue weighted by molar-refractivity contribution is -0.0511. The molecule has 2 aromatic carbocycles. The summed E-state index contributed by atoms with van der Waals surface area (Å²) < 4.78 is 39.9. The molecule has 9 heteroatoms. The number of carbonyl (C=O) groups is 1. The van der Waals surface area contributed by atoms with Crippen molar-refractivity contribution in [2.45, 2.75) is 31.1 Å². The Morgan fingerprint density at radius 1 is 1.20 bits per heavy atom. The molecule has 1 amide bonds. The van der Waals surface area contributed by atoms with Gasteiger partial charge in [0.25, 0.3) is 5.91 Å². The Labute approximate surface area is 176 Å². The van der Waals surface area contributed by atoms with Crippen LogP contribution in [0.4, 0.5) is 14.5 Å². The fraction of sp³-hybridized carbons (Fsp3) is 0.238. The minimum absolute atomic E-state index is 0.142.